The molecule has 3 nitrogen and oxygen atoms in total. The van der Waals surface area contributed by atoms with Gasteiger partial charge in [-0.2, -0.15) is 0 Å². The van der Waals surface area contributed by atoms with Gasteiger partial charge in [0, 0.05) is 24.5 Å². The Morgan fingerprint density at radius 1 is 1.21 bits per heavy atom. The Hall–Kier alpha value is -1.45. The molecule has 0 radical (unpaired) electrons. The van der Waals surface area contributed by atoms with Crippen LogP contribution in [0, 0.1) is 5.92 Å². The fraction of sp³-hybridized carbons (Fsp3) is 0.438. The summed E-state index contributed by atoms with van der Waals surface area (Å²) in [5.41, 5.74) is 8.05. The SMILES string of the molecule is CN(Cc1ccc2ccccc2n1)CC1CC(N)C1. The van der Waals surface area contributed by atoms with Crippen molar-refractivity contribution in [2.45, 2.75) is 25.4 Å². The smallest absolute Gasteiger partial charge is 0.0705 e. The molecule has 0 bridgehead atoms. The molecule has 0 saturated heterocycles. The van der Waals surface area contributed by atoms with Crippen LogP contribution in [0.5, 0.6) is 0 Å². The minimum Gasteiger partial charge on any atom is -0.328 e. The lowest BCUT2D eigenvalue weighted by molar-refractivity contribution is 0.177. The van der Waals surface area contributed by atoms with Crippen LogP contribution in [0.2, 0.25) is 0 Å². The summed E-state index contributed by atoms with van der Waals surface area (Å²) in [5, 5.41) is 1.21. The lowest BCUT2D eigenvalue weighted by atomic mass is 9.80. The first kappa shape index (κ1) is 12.6. The van der Waals surface area contributed by atoms with E-state index in [-0.39, 0.29) is 0 Å². The number of para-hydroxylation sites is 1. The van der Waals surface area contributed by atoms with Crippen molar-refractivity contribution in [1.29, 1.82) is 0 Å². The van der Waals surface area contributed by atoms with Gasteiger partial charge in [-0.15, -0.1) is 0 Å². The third kappa shape index (κ3) is 2.94. The van der Waals surface area contributed by atoms with Crippen LogP contribution in [-0.2, 0) is 6.54 Å². The number of hydrogen-bond acceptors (Lipinski definition) is 3. The Balaban J connectivity index is 1.64. The third-order valence-corrected chi connectivity index (χ3v) is 3.93. The molecule has 19 heavy (non-hydrogen) atoms. The molecule has 2 N–H and O–H groups in total. The number of nitrogens with zero attached hydrogens (tertiary/aromatic N) is 2. The summed E-state index contributed by atoms with van der Waals surface area (Å²) in [6.45, 7) is 2.04. The second-order valence-electron chi connectivity index (χ2n) is 5.79. The van der Waals surface area contributed by atoms with Crippen LogP contribution in [0.15, 0.2) is 36.4 Å². The van der Waals surface area contributed by atoms with E-state index in [1.165, 1.54) is 18.2 Å². The molecule has 1 aromatic heterocycles. The predicted octanol–water partition coefficient (Wildman–Crippen LogP) is 2.40. The van der Waals surface area contributed by atoms with Crippen LogP contribution < -0.4 is 5.73 Å². The summed E-state index contributed by atoms with van der Waals surface area (Å²) in [7, 11) is 2.17. The molecular weight excluding hydrogens is 234 g/mol. The van der Waals surface area contributed by atoms with Crippen LogP contribution in [0.3, 0.4) is 0 Å². The van der Waals surface area contributed by atoms with Crippen molar-refractivity contribution in [2.24, 2.45) is 11.7 Å². The average Bonchev–Trinajstić information content (AvgIpc) is 2.37. The lowest BCUT2D eigenvalue weighted by Crippen LogP contribution is -2.41. The molecule has 1 heterocycles. The van der Waals surface area contributed by atoms with Crippen LogP contribution in [0.25, 0.3) is 10.9 Å². The molecule has 3 rings (SSSR count). The summed E-state index contributed by atoms with van der Waals surface area (Å²) in [6, 6.07) is 13.0. The highest BCUT2D eigenvalue weighted by Gasteiger charge is 2.26. The van der Waals surface area contributed by atoms with E-state index in [4.69, 9.17) is 10.7 Å². The van der Waals surface area contributed by atoms with Gasteiger partial charge in [-0.25, -0.2) is 0 Å². The molecule has 0 amide bonds. The molecule has 0 spiro atoms. The van der Waals surface area contributed by atoms with Gasteiger partial charge in [-0.3, -0.25) is 4.98 Å². The van der Waals surface area contributed by atoms with Gasteiger partial charge < -0.3 is 10.6 Å². The minimum absolute atomic E-state index is 0.442. The molecule has 100 valence electrons. The fourth-order valence-electron chi connectivity index (χ4n) is 2.91. The second kappa shape index (κ2) is 5.27. The topological polar surface area (TPSA) is 42.2 Å². The fourth-order valence-corrected chi connectivity index (χ4v) is 2.91. The maximum atomic E-state index is 5.83. The molecule has 0 aliphatic heterocycles. The summed E-state index contributed by atoms with van der Waals surface area (Å²) < 4.78 is 0. The van der Waals surface area contributed by atoms with Crippen molar-refractivity contribution in [3.8, 4) is 0 Å². The van der Waals surface area contributed by atoms with Crippen LogP contribution in [-0.4, -0.2) is 29.5 Å². The highest BCUT2D eigenvalue weighted by atomic mass is 15.1. The van der Waals surface area contributed by atoms with E-state index in [1.807, 2.05) is 6.07 Å². The molecule has 1 saturated carbocycles. The summed E-state index contributed by atoms with van der Waals surface area (Å²) in [5.74, 6) is 0.778. The second-order valence-corrected chi connectivity index (χ2v) is 5.79. The number of pyridine rings is 1. The van der Waals surface area contributed by atoms with Crippen molar-refractivity contribution >= 4 is 10.9 Å². The Morgan fingerprint density at radius 2 is 2.00 bits per heavy atom. The third-order valence-electron chi connectivity index (χ3n) is 3.93. The summed E-state index contributed by atoms with van der Waals surface area (Å²) >= 11 is 0. The highest BCUT2D eigenvalue weighted by Crippen LogP contribution is 2.26. The lowest BCUT2D eigenvalue weighted by Gasteiger charge is -2.35. The molecule has 0 atom stereocenters. The minimum atomic E-state index is 0.442. The Kier molecular flexibility index (Phi) is 3.49. The van der Waals surface area contributed by atoms with E-state index in [0.29, 0.717) is 6.04 Å². The zero-order valence-corrected chi connectivity index (χ0v) is 11.4. The molecule has 1 aliphatic rings. The highest BCUT2D eigenvalue weighted by molar-refractivity contribution is 5.78. The Morgan fingerprint density at radius 3 is 2.79 bits per heavy atom. The van der Waals surface area contributed by atoms with Crippen molar-refractivity contribution < 1.29 is 0 Å². The molecule has 1 aliphatic carbocycles. The predicted molar refractivity (Wildman–Crippen MR) is 78.8 cm³/mol. The van der Waals surface area contributed by atoms with Gasteiger partial charge >= 0.3 is 0 Å². The van der Waals surface area contributed by atoms with Gasteiger partial charge in [0.2, 0.25) is 0 Å². The zero-order chi connectivity index (χ0) is 13.2. The van der Waals surface area contributed by atoms with E-state index in [1.54, 1.807) is 0 Å². The monoisotopic (exact) mass is 255 g/mol. The largest absolute Gasteiger partial charge is 0.328 e. The number of hydrogen-bond donors (Lipinski definition) is 1. The summed E-state index contributed by atoms with van der Waals surface area (Å²) in [4.78, 5) is 7.07. The average molecular weight is 255 g/mol. The molecule has 1 fully saturated rings. The first-order valence-electron chi connectivity index (χ1n) is 6.99. The van der Waals surface area contributed by atoms with E-state index in [9.17, 15) is 0 Å². The molecule has 2 aromatic rings. The standard InChI is InChI=1S/C16H21N3/c1-19(10-12-8-14(17)9-12)11-15-7-6-13-4-2-3-5-16(13)18-15/h2-7,12,14H,8-11,17H2,1H3. The van der Waals surface area contributed by atoms with Crippen LogP contribution >= 0.6 is 0 Å². The van der Waals surface area contributed by atoms with E-state index >= 15 is 0 Å². The first-order chi connectivity index (χ1) is 9.20. The number of nitrogens with two attached hydrogens (primary N) is 1. The van der Waals surface area contributed by atoms with Crippen molar-refractivity contribution in [3.05, 3.63) is 42.1 Å². The van der Waals surface area contributed by atoms with E-state index < -0.39 is 0 Å². The van der Waals surface area contributed by atoms with Gasteiger partial charge in [0.25, 0.3) is 0 Å². The van der Waals surface area contributed by atoms with E-state index in [2.05, 4.69) is 42.3 Å². The molecular formula is C16H21N3. The molecule has 0 unspecified atom stereocenters. The van der Waals surface area contributed by atoms with Gasteiger partial charge in [-0.05, 0) is 37.9 Å². The Labute approximate surface area is 114 Å². The van der Waals surface area contributed by atoms with Gasteiger partial charge in [-0.1, -0.05) is 24.3 Å². The van der Waals surface area contributed by atoms with Gasteiger partial charge in [0.1, 0.15) is 0 Å². The number of rotatable bonds is 4. The van der Waals surface area contributed by atoms with Crippen molar-refractivity contribution in [3.63, 3.8) is 0 Å². The maximum Gasteiger partial charge on any atom is 0.0705 e. The molecule has 3 heteroatoms. The van der Waals surface area contributed by atoms with Crippen LogP contribution in [0.4, 0.5) is 0 Å². The van der Waals surface area contributed by atoms with Crippen molar-refractivity contribution in [1.82, 2.24) is 9.88 Å². The summed E-state index contributed by atoms with van der Waals surface area (Å²) in [6.07, 6.45) is 2.35. The quantitative estimate of drug-likeness (QED) is 0.912. The molecule has 1 aromatic carbocycles. The maximum absolute atomic E-state index is 5.83. The zero-order valence-electron chi connectivity index (χ0n) is 11.4. The number of benzene rings is 1. The van der Waals surface area contributed by atoms with Gasteiger partial charge in [0.05, 0.1) is 11.2 Å². The van der Waals surface area contributed by atoms with E-state index in [0.717, 1.165) is 30.2 Å². The van der Waals surface area contributed by atoms with Gasteiger partial charge in [0.15, 0.2) is 0 Å². The number of aromatic nitrogens is 1. The normalized spacial score (nSPS) is 22.7. The number of fused-ring (bicyclic) bond motifs is 1. The van der Waals surface area contributed by atoms with Crippen molar-refractivity contribution in [2.75, 3.05) is 13.6 Å². The first-order valence-corrected chi connectivity index (χ1v) is 6.99. The van der Waals surface area contributed by atoms with Crippen LogP contribution in [0.1, 0.15) is 18.5 Å². The Bertz CT molecular complexity index is 561.